The number of rotatable bonds is 4. The van der Waals surface area contributed by atoms with Gasteiger partial charge in [0.1, 0.15) is 11.3 Å². The summed E-state index contributed by atoms with van der Waals surface area (Å²) in [6, 6.07) is 5.09. The Morgan fingerprint density at radius 2 is 2.29 bits per heavy atom. The number of fused-ring (bicyclic) bond motifs is 1. The molecule has 1 heterocycles. The molecule has 5 nitrogen and oxygen atoms in total. The highest BCUT2D eigenvalue weighted by Crippen LogP contribution is 2.22. The summed E-state index contributed by atoms with van der Waals surface area (Å²) < 4.78 is 7.50. The fraction of sp³-hybridized carbons (Fsp3) is 0.500. The molecule has 0 unspecified atom stereocenters. The van der Waals surface area contributed by atoms with Crippen molar-refractivity contribution in [2.45, 2.75) is 31.9 Å². The maximum atomic E-state index is 9.33. The number of nitrogens with zero attached hydrogens (tertiary/aromatic N) is 3. The maximum absolute atomic E-state index is 9.33. The van der Waals surface area contributed by atoms with Crippen molar-refractivity contribution in [1.82, 2.24) is 15.0 Å². The maximum Gasteiger partial charge on any atom is 0.117 e. The number of hydrogen-bond donors (Lipinski definition) is 1. The molecule has 0 bridgehead atoms. The van der Waals surface area contributed by atoms with Crippen LogP contribution in [0.2, 0.25) is 0 Å². The zero-order valence-electron chi connectivity index (χ0n) is 9.54. The lowest BCUT2D eigenvalue weighted by atomic mass is 9.96. The van der Waals surface area contributed by atoms with Crippen molar-refractivity contribution in [3.63, 3.8) is 0 Å². The van der Waals surface area contributed by atoms with Crippen molar-refractivity contribution in [3.05, 3.63) is 18.2 Å². The van der Waals surface area contributed by atoms with E-state index in [-0.39, 0.29) is 5.75 Å². The van der Waals surface area contributed by atoms with E-state index in [4.69, 9.17) is 4.74 Å². The van der Waals surface area contributed by atoms with Crippen molar-refractivity contribution < 1.29 is 9.84 Å². The fourth-order valence-electron chi connectivity index (χ4n) is 1.97. The van der Waals surface area contributed by atoms with Gasteiger partial charge >= 0.3 is 0 Å². The Morgan fingerprint density at radius 3 is 3.06 bits per heavy atom. The Morgan fingerprint density at radius 1 is 1.41 bits per heavy atom. The predicted octanol–water partition coefficient (Wildman–Crippen LogP) is 1.71. The van der Waals surface area contributed by atoms with Gasteiger partial charge in [-0.15, -0.1) is 5.10 Å². The lowest BCUT2D eigenvalue weighted by molar-refractivity contribution is -0.00212. The van der Waals surface area contributed by atoms with Gasteiger partial charge in [0, 0.05) is 6.07 Å². The van der Waals surface area contributed by atoms with E-state index in [1.54, 1.807) is 12.1 Å². The van der Waals surface area contributed by atoms with Crippen LogP contribution in [-0.2, 0) is 11.3 Å². The van der Waals surface area contributed by atoms with E-state index in [9.17, 15) is 5.11 Å². The van der Waals surface area contributed by atoms with Gasteiger partial charge in [0.2, 0.25) is 0 Å². The van der Waals surface area contributed by atoms with Crippen LogP contribution in [0, 0.1) is 0 Å². The van der Waals surface area contributed by atoms with Crippen LogP contribution in [0.4, 0.5) is 0 Å². The van der Waals surface area contributed by atoms with Crippen molar-refractivity contribution in [2.24, 2.45) is 0 Å². The summed E-state index contributed by atoms with van der Waals surface area (Å²) in [5.41, 5.74) is 1.65. The lowest BCUT2D eigenvalue weighted by Gasteiger charge is -2.25. The first kappa shape index (κ1) is 10.5. The highest BCUT2D eigenvalue weighted by molar-refractivity contribution is 5.75. The second-order valence-electron chi connectivity index (χ2n) is 4.41. The summed E-state index contributed by atoms with van der Waals surface area (Å²) in [7, 11) is 0. The number of benzene rings is 1. The second kappa shape index (κ2) is 4.33. The first-order chi connectivity index (χ1) is 8.33. The first-order valence-electron chi connectivity index (χ1n) is 5.97. The summed E-state index contributed by atoms with van der Waals surface area (Å²) in [6.07, 6.45) is 4.11. The highest BCUT2D eigenvalue weighted by Gasteiger charge is 2.17. The van der Waals surface area contributed by atoms with E-state index in [1.807, 2.05) is 10.7 Å². The Balaban J connectivity index is 1.67. The van der Waals surface area contributed by atoms with Gasteiger partial charge in [-0.3, -0.25) is 0 Å². The van der Waals surface area contributed by atoms with Crippen molar-refractivity contribution in [1.29, 1.82) is 0 Å². The van der Waals surface area contributed by atoms with Crippen LogP contribution in [-0.4, -0.2) is 32.8 Å². The molecule has 90 valence electrons. The molecular formula is C12H15N3O2. The summed E-state index contributed by atoms with van der Waals surface area (Å²) in [6.45, 7) is 1.38. The number of hydrogen-bond acceptors (Lipinski definition) is 4. The number of aromatic nitrogens is 3. The number of aromatic hydroxyl groups is 1. The molecule has 17 heavy (non-hydrogen) atoms. The van der Waals surface area contributed by atoms with Crippen LogP contribution in [0.3, 0.4) is 0 Å². The van der Waals surface area contributed by atoms with E-state index in [0.29, 0.717) is 24.8 Å². The molecule has 1 N–H and O–H groups in total. The zero-order chi connectivity index (χ0) is 11.7. The normalized spacial score (nSPS) is 16.2. The molecule has 0 spiro atoms. The third kappa shape index (κ3) is 2.10. The molecule has 1 aliphatic carbocycles. The lowest BCUT2D eigenvalue weighted by Crippen LogP contribution is -2.23. The van der Waals surface area contributed by atoms with Gasteiger partial charge in [0.05, 0.1) is 24.8 Å². The molecule has 0 amide bonds. The number of ether oxygens (including phenoxy) is 1. The average Bonchev–Trinajstić information content (AvgIpc) is 2.64. The second-order valence-corrected chi connectivity index (χ2v) is 4.41. The third-order valence-corrected chi connectivity index (χ3v) is 3.21. The number of phenolic OH excluding ortho intramolecular Hbond substituents is 1. The minimum Gasteiger partial charge on any atom is -0.508 e. The van der Waals surface area contributed by atoms with Crippen molar-refractivity contribution in [3.8, 4) is 5.75 Å². The number of phenols is 1. The molecule has 1 aliphatic rings. The van der Waals surface area contributed by atoms with Crippen molar-refractivity contribution in [2.75, 3.05) is 6.61 Å². The zero-order valence-corrected chi connectivity index (χ0v) is 9.54. The molecule has 1 aromatic carbocycles. The summed E-state index contributed by atoms with van der Waals surface area (Å²) in [5, 5.41) is 17.4. The van der Waals surface area contributed by atoms with Crippen LogP contribution in [0.5, 0.6) is 5.75 Å². The quantitative estimate of drug-likeness (QED) is 0.873. The molecule has 3 rings (SSSR count). The van der Waals surface area contributed by atoms with Gasteiger partial charge in [-0.2, -0.15) is 0 Å². The van der Waals surface area contributed by atoms with Crippen LogP contribution >= 0.6 is 0 Å². The summed E-state index contributed by atoms with van der Waals surface area (Å²) in [4.78, 5) is 0. The third-order valence-electron chi connectivity index (χ3n) is 3.21. The first-order valence-corrected chi connectivity index (χ1v) is 5.97. The van der Waals surface area contributed by atoms with Crippen LogP contribution in [0.1, 0.15) is 19.3 Å². The van der Waals surface area contributed by atoms with Gasteiger partial charge in [-0.05, 0) is 31.4 Å². The largest absolute Gasteiger partial charge is 0.508 e. The van der Waals surface area contributed by atoms with E-state index >= 15 is 0 Å². The van der Waals surface area contributed by atoms with Gasteiger partial charge in [0.25, 0.3) is 0 Å². The minimum absolute atomic E-state index is 0.218. The fourth-order valence-corrected chi connectivity index (χ4v) is 1.97. The van der Waals surface area contributed by atoms with Crippen molar-refractivity contribution >= 4 is 11.0 Å². The van der Waals surface area contributed by atoms with Gasteiger partial charge < -0.3 is 9.84 Å². The Hall–Kier alpha value is -1.62. The van der Waals surface area contributed by atoms with E-state index < -0.39 is 0 Å². The molecule has 1 saturated carbocycles. The predicted molar refractivity (Wildman–Crippen MR) is 62.8 cm³/mol. The Bertz CT molecular complexity index is 519. The minimum atomic E-state index is 0.218. The van der Waals surface area contributed by atoms with E-state index in [0.717, 1.165) is 5.52 Å². The Kier molecular flexibility index (Phi) is 2.68. The highest BCUT2D eigenvalue weighted by atomic mass is 16.5. The molecule has 0 atom stereocenters. The van der Waals surface area contributed by atoms with Crippen LogP contribution in [0.15, 0.2) is 18.2 Å². The van der Waals surface area contributed by atoms with Gasteiger partial charge in [0.15, 0.2) is 0 Å². The summed E-state index contributed by atoms with van der Waals surface area (Å²) in [5.74, 6) is 0.218. The molecule has 1 aromatic heterocycles. The molecule has 1 fully saturated rings. The SMILES string of the molecule is Oc1ccc2c(c1)nnn2CCOC1CCC1. The Labute approximate surface area is 99.0 Å². The molecule has 0 aliphatic heterocycles. The molecule has 0 radical (unpaired) electrons. The van der Waals surface area contributed by atoms with E-state index in [2.05, 4.69) is 10.3 Å². The molecule has 0 saturated heterocycles. The van der Waals surface area contributed by atoms with Gasteiger partial charge in [-0.1, -0.05) is 5.21 Å². The van der Waals surface area contributed by atoms with E-state index in [1.165, 1.54) is 19.3 Å². The molecule has 5 heteroatoms. The monoisotopic (exact) mass is 233 g/mol. The summed E-state index contributed by atoms with van der Waals surface area (Å²) >= 11 is 0. The molecular weight excluding hydrogens is 218 g/mol. The average molecular weight is 233 g/mol. The standard InChI is InChI=1S/C12H15N3O2/c16-9-4-5-12-11(8-9)13-14-15(12)6-7-17-10-2-1-3-10/h4-5,8,10,16H,1-3,6-7H2. The smallest absolute Gasteiger partial charge is 0.117 e. The topological polar surface area (TPSA) is 60.2 Å². The van der Waals surface area contributed by atoms with Crippen LogP contribution < -0.4 is 0 Å². The van der Waals surface area contributed by atoms with Gasteiger partial charge in [-0.25, -0.2) is 4.68 Å². The molecule has 2 aromatic rings. The van der Waals surface area contributed by atoms with Crippen LogP contribution in [0.25, 0.3) is 11.0 Å².